The lowest BCUT2D eigenvalue weighted by Crippen LogP contribution is -2.43. The van der Waals surface area contributed by atoms with Crippen molar-refractivity contribution in [1.82, 2.24) is 4.90 Å². The van der Waals surface area contributed by atoms with Crippen LogP contribution in [0.1, 0.15) is 39.0 Å². The fourth-order valence-corrected chi connectivity index (χ4v) is 2.21. The largest absolute Gasteiger partial charge is 0.342 e. The van der Waals surface area contributed by atoms with E-state index in [0.29, 0.717) is 32.5 Å². The molecule has 2 N–H and O–H groups in total. The molecule has 1 aliphatic carbocycles. The van der Waals surface area contributed by atoms with E-state index >= 15 is 0 Å². The molecular formula is C12H21N3O. The van der Waals surface area contributed by atoms with E-state index in [2.05, 4.69) is 6.07 Å². The maximum Gasteiger partial charge on any atom is 0.223 e. The van der Waals surface area contributed by atoms with Gasteiger partial charge in [0.2, 0.25) is 5.91 Å². The first-order valence-electron chi connectivity index (χ1n) is 6.02. The van der Waals surface area contributed by atoms with Gasteiger partial charge in [0.25, 0.3) is 0 Å². The number of amides is 1. The molecule has 0 aromatic rings. The van der Waals surface area contributed by atoms with Gasteiger partial charge in [-0.25, -0.2) is 0 Å². The summed E-state index contributed by atoms with van der Waals surface area (Å²) < 4.78 is 0. The number of nitrogens with zero attached hydrogens (tertiary/aromatic N) is 2. The molecule has 0 unspecified atom stereocenters. The SMILES string of the molecule is CCN(CCC#N)C(=O)CC1(CN)CCC1. The summed E-state index contributed by atoms with van der Waals surface area (Å²) in [6.07, 6.45) is 4.31. The normalized spacial score (nSPS) is 17.3. The summed E-state index contributed by atoms with van der Waals surface area (Å²) in [5, 5.41) is 8.52. The van der Waals surface area contributed by atoms with E-state index in [1.165, 1.54) is 6.42 Å². The molecule has 4 heteroatoms. The van der Waals surface area contributed by atoms with Crippen LogP contribution in [0.2, 0.25) is 0 Å². The van der Waals surface area contributed by atoms with E-state index < -0.39 is 0 Å². The van der Waals surface area contributed by atoms with Crippen LogP contribution in [0.5, 0.6) is 0 Å². The molecule has 1 fully saturated rings. The zero-order valence-corrected chi connectivity index (χ0v) is 10.0. The van der Waals surface area contributed by atoms with Gasteiger partial charge in [0, 0.05) is 19.5 Å². The molecule has 0 atom stereocenters. The maximum atomic E-state index is 12.0. The van der Waals surface area contributed by atoms with Crippen molar-refractivity contribution in [1.29, 1.82) is 5.26 Å². The molecule has 4 nitrogen and oxygen atoms in total. The third-order valence-corrected chi connectivity index (χ3v) is 3.60. The van der Waals surface area contributed by atoms with Crippen molar-refractivity contribution >= 4 is 5.91 Å². The van der Waals surface area contributed by atoms with Crippen molar-refractivity contribution in [3.63, 3.8) is 0 Å². The van der Waals surface area contributed by atoms with Crippen molar-refractivity contribution in [3.05, 3.63) is 0 Å². The molecule has 0 aliphatic heterocycles. The molecule has 1 rings (SSSR count). The second-order valence-corrected chi connectivity index (χ2v) is 4.62. The summed E-state index contributed by atoms with van der Waals surface area (Å²) in [6, 6.07) is 2.07. The molecule has 1 aliphatic rings. The van der Waals surface area contributed by atoms with Gasteiger partial charge in [-0.3, -0.25) is 4.79 Å². The first-order chi connectivity index (χ1) is 7.67. The molecule has 16 heavy (non-hydrogen) atoms. The highest BCUT2D eigenvalue weighted by Gasteiger charge is 2.38. The fourth-order valence-electron chi connectivity index (χ4n) is 2.21. The molecule has 0 radical (unpaired) electrons. The van der Waals surface area contributed by atoms with Crippen LogP contribution in [0, 0.1) is 16.7 Å². The Morgan fingerprint density at radius 3 is 2.62 bits per heavy atom. The van der Waals surface area contributed by atoms with Gasteiger partial charge in [0.1, 0.15) is 0 Å². The Balaban J connectivity index is 2.45. The molecule has 0 saturated heterocycles. The number of carbonyl (C=O) groups excluding carboxylic acids is 1. The maximum absolute atomic E-state index is 12.0. The van der Waals surface area contributed by atoms with Crippen LogP contribution in [0.4, 0.5) is 0 Å². The highest BCUT2D eigenvalue weighted by atomic mass is 16.2. The Morgan fingerprint density at radius 1 is 1.56 bits per heavy atom. The highest BCUT2D eigenvalue weighted by molar-refractivity contribution is 5.77. The Kier molecular flexibility index (Phi) is 4.75. The molecular weight excluding hydrogens is 202 g/mol. The van der Waals surface area contributed by atoms with Gasteiger partial charge in [-0.2, -0.15) is 5.26 Å². The van der Waals surface area contributed by atoms with Crippen molar-refractivity contribution < 1.29 is 4.79 Å². The lowest BCUT2D eigenvalue weighted by Gasteiger charge is -2.41. The van der Waals surface area contributed by atoms with E-state index in [0.717, 1.165) is 12.8 Å². The number of hydrogen-bond acceptors (Lipinski definition) is 3. The van der Waals surface area contributed by atoms with Gasteiger partial charge in [-0.05, 0) is 31.7 Å². The molecule has 0 aromatic heterocycles. The van der Waals surface area contributed by atoms with Crippen LogP contribution in [-0.2, 0) is 4.79 Å². The predicted molar refractivity (Wildman–Crippen MR) is 62.4 cm³/mol. The van der Waals surface area contributed by atoms with Gasteiger partial charge in [-0.15, -0.1) is 0 Å². The Bertz CT molecular complexity index is 273. The smallest absolute Gasteiger partial charge is 0.223 e. The number of nitrogens with two attached hydrogens (primary N) is 1. The summed E-state index contributed by atoms with van der Waals surface area (Å²) in [5.74, 6) is 0.155. The summed E-state index contributed by atoms with van der Waals surface area (Å²) in [6.45, 7) is 3.79. The summed E-state index contributed by atoms with van der Waals surface area (Å²) in [7, 11) is 0. The average molecular weight is 223 g/mol. The quantitative estimate of drug-likeness (QED) is 0.737. The minimum atomic E-state index is 0.0666. The number of carbonyl (C=O) groups is 1. The molecule has 1 saturated carbocycles. The van der Waals surface area contributed by atoms with Crippen LogP contribution >= 0.6 is 0 Å². The standard InChI is InChI=1S/C12H21N3O/c1-2-15(8-4-7-13)11(16)9-12(10-14)5-3-6-12/h2-6,8-10,14H2,1H3. The van der Waals surface area contributed by atoms with E-state index in [4.69, 9.17) is 11.0 Å². The van der Waals surface area contributed by atoms with Crippen molar-refractivity contribution in [2.24, 2.45) is 11.1 Å². The number of rotatable bonds is 6. The Hall–Kier alpha value is -1.08. The number of nitriles is 1. The summed E-state index contributed by atoms with van der Waals surface area (Å²) >= 11 is 0. The minimum Gasteiger partial charge on any atom is -0.342 e. The number of hydrogen-bond donors (Lipinski definition) is 1. The minimum absolute atomic E-state index is 0.0666. The van der Waals surface area contributed by atoms with E-state index in [-0.39, 0.29) is 11.3 Å². The van der Waals surface area contributed by atoms with Crippen molar-refractivity contribution in [2.75, 3.05) is 19.6 Å². The second-order valence-electron chi connectivity index (χ2n) is 4.62. The van der Waals surface area contributed by atoms with Gasteiger partial charge in [0.05, 0.1) is 12.5 Å². The average Bonchev–Trinajstić information content (AvgIpc) is 2.24. The second kappa shape index (κ2) is 5.86. The summed E-state index contributed by atoms with van der Waals surface area (Å²) in [4.78, 5) is 13.8. The first-order valence-corrected chi connectivity index (χ1v) is 6.02. The zero-order chi connectivity index (χ0) is 12.0. The van der Waals surface area contributed by atoms with Crippen molar-refractivity contribution in [3.8, 4) is 6.07 Å². The molecule has 90 valence electrons. The first kappa shape index (κ1) is 13.0. The van der Waals surface area contributed by atoms with Crippen LogP contribution in [-0.4, -0.2) is 30.4 Å². The fraction of sp³-hybridized carbons (Fsp3) is 0.833. The molecule has 0 heterocycles. The van der Waals surface area contributed by atoms with Gasteiger partial charge >= 0.3 is 0 Å². The van der Waals surface area contributed by atoms with Gasteiger partial charge in [-0.1, -0.05) is 6.42 Å². The monoisotopic (exact) mass is 223 g/mol. The van der Waals surface area contributed by atoms with Crippen molar-refractivity contribution in [2.45, 2.75) is 39.0 Å². The molecule has 0 aromatic carbocycles. The molecule has 0 bridgehead atoms. The van der Waals surface area contributed by atoms with E-state index in [1.807, 2.05) is 6.92 Å². The van der Waals surface area contributed by atoms with Crippen LogP contribution in [0.25, 0.3) is 0 Å². The predicted octanol–water partition coefficient (Wildman–Crippen LogP) is 1.27. The Morgan fingerprint density at radius 2 is 2.25 bits per heavy atom. The van der Waals surface area contributed by atoms with Crippen LogP contribution in [0.3, 0.4) is 0 Å². The zero-order valence-electron chi connectivity index (χ0n) is 10.0. The van der Waals surface area contributed by atoms with E-state index in [9.17, 15) is 4.79 Å². The van der Waals surface area contributed by atoms with E-state index in [1.54, 1.807) is 4.90 Å². The third-order valence-electron chi connectivity index (χ3n) is 3.60. The third kappa shape index (κ3) is 2.96. The highest BCUT2D eigenvalue weighted by Crippen LogP contribution is 2.43. The van der Waals surface area contributed by atoms with Crippen LogP contribution < -0.4 is 5.73 Å². The van der Waals surface area contributed by atoms with Crippen LogP contribution in [0.15, 0.2) is 0 Å². The van der Waals surface area contributed by atoms with Gasteiger partial charge < -0.3 is 10.6 Å². The molecule has 1 amide bonds. The topological polar surface area (TPSA) is 70.1 Å². The summed E-state index contributed by atoms with van der Waals surface area (Å²) in [5.41, 5.74) is 5.80. The van der Waals surface area contributed by atoms with Gasteiger partial charge in [0.15, 0.2) is 0 Å². The molecule has 0 spiro atoms. The lowest BCUT2D eigenvalue weighted by atomic mass is 9.66. The lowest BCUT2D eigenvalue weighted by molar-refractivity contribution is -0.134. The Labute approximate surface area is 97.4 Å².